The zero-order valence-electron chi connectivity index (χ0n) is 12.3. The molecule has 4 nitrogen and oxygen atoms in total. The van der Waals surface area contributed by atoms with Gasteiger partial charge in [0.2, 0.25) is 5.91 Å². The molecule has 0 radical (unpaired) electrons. The van der Waals surface area contributed by atoms with Gasteiger partial charge in [-0.05, 0) is 45.4 Å². The Kier molecular flexibility index (Phi) is 3.95. The van der Waals surface area contributed by atoms with Gasteiger partial charge < -0.3 is 4.90 Å². The summed E-state index contributed by atoms with van der Waals surface area (Å²) in [6.45, 7) is 2.92. The van der Waals surface area contributed by atoms with Crippen LogP contribution < -0.4 is 0 Å². The fourth-order valence-electron chi connectivity index (χ4n) is 3.53. The van der Waals surface area contributed by atoms with Crippen LogP contribution in [0.15, 0.2) is 0 Å². The third-order valence-corrected chi connectivity index (χ3v) is 4.65. The number of carbonyl (C=O) groups is 1. The first kappa shape index (κ1) is 14.5. The number of alkyl halides is 2. The molecule has 3 rings (SSSR count). The monoisotopic (exact) mass is 297 g/mol. The molecular formula is C15H21F2N3O. The lowest BCUT2D eigenvalue weighted by molar-refractivity contribution is -0.135. The van der Waals surface area contributed by atoms with Gasteiger partial charge in [-0.15, -0.1) is 0 Å². The van der Waals surface area contributed by atoms with Crippen LogP contribution in [0.3, 0.4) is 0 Å². The lowest BCUT2D eigenvalue weighted by atomic mass is 10.0. The molecule has 116 valence electrons. The predicted octanol–water partition coefficient (Wildman–Crippen LogP) is 2.71. The van der Waals surface area contributed by atoms with Gasteiger partial charge in [0, 0.05) is 23.8 Å². The van der Waals surface area contributed by atoms with Crippen molar-refractivity contribution >= 4 is 5.91 Å². The zero-order valence-corrected chi connectivity index (χ0v) is 12.3. The molecule has 6 heteroatoms. The van der Waals surface area contributed by atoms with Gasteiger partial charge in [-0.3, -0.25) is 9.48 Å². The Morgan fingerprint density at radius 3 is 2.86 bits per heavy atom. The highest BCUT2D eigenvalue weighted by Gasteiger charge is 2.29. The first-order valence-corrected chi connectivity index (χ1v) is 7.74. The summed E-state index contributed by atoms with van der Waals surface area (Å²) < 4.78 is 27.6. The quantitative estimate of drug-likeness (QED) is 0.860. The minimum Gasteiger partial charge on any atom is -0.338 e. The van der Waals surface area contributed by atoms with E-state index in [1.807, 2.05) is 4.90 Å². The molecule has 1 aromatic rings. The molecule has 0 bridgehead atoms. The number of fused-ring (bicyclic) bond motifs is 1. The van der Waals surface area contributed by atoms with Crippen molar-refractivity contribution in [2.24, 2.45) is 0 Å². The Morgan fingerprint density at radius 1 is 1.33 bits per heavy atom. The van der Waals surface area contributed by atoms with E-state index in [0.29, 0.717) is 12.0 Å². The standard InChI is InChI=1S/C15H21F2N3O/c1-10-5-2-3-8-19(10)13(21)9-20-12-7-4-6-11(12)14(18-20)15(16)17/h10,15H,2-9H2,1H3. The summed E-state index contributed by atoms with van der Waals surface area (Å²) in [6, 6.07) is 0.240. The van der Waals surface area contributed by atoms with Crippen LogP contribution in [0.25, 0.3) is 0 Å². The third-order valence-electron chi connectivity index (χ3n) is 4.65. The molecule has 0 N–H and O–H groups in total. The highest BCUT2D eigenvalue weighted by Crippen LogP contribution is 2.31. The van der Waals surface area contributed by atoms with E-state index < -0.39 is 6.43 Å². The second-order valence-electron chi connectivity index (χ2n) is 6.05. The SMILES string of the molecule is CC1CCCCN1C(=O)Cn1nc(C(F)F)c2c1CCC2. The first-order valence-electron chi connectivity index (χ1n) is 7.74. The van der Waals surface area contributed by atoms with E-state index in [2.05, 4.69) is 12.0 Å². The average molecular weight is 297 g/mol. The Hall–Kier alpha value is -1.46. The van der Waals surface area contributed by atoms with Gasteiger partial charge in [0.15, 0.2) is 0 Å². The molecule has 1 amide bonds. The summed E-state index contributed by atoms with van der Waals surface area (Å²) in [5.74, 6) is 0.000200. The van der Waals surface area contributed by atoms with E-state index in [1.165, 1.54) is 4.68 Å². The molecular weight excluding hydrogens is 276 g/mol. The minimum absolute atomic E-state index is 0.000200. The molecule has 2 aliphatic rings. The van der Waals surface area contributed by atoms with Gasteiger partial charge >= 0.3 is 0 Å². The molecule has 0 aromatic carbocycles. The van der Waals surface area contributed by atoms with Crippen LogP contribution in [0.4, 0.5) is 8.78 Å². The fraction of sp³-hybridized carbons (Fsp3) is 0.733. The Labute approximate surface area is 123 Å². The summed E-state index contributed by atoms with van der Waals surface area (Å²) in [6.07, 6.45) is 2.92. The Balaban J connectivity index is 1.79. The maximum absolute atomic E-state index is 13.0. The van der Waals surface area contributed by atoms with E-state index in [9.17, 15) is 13.6 Å². The summed E-state index contributed by atoms with van der Waals surface area (Å²) in [4.78, 5) is 14.3. The van der Waals surface area contributed by atoms with Gasteiger partial charge in [-0.1, -0.05) is 0 Å². The van der Waals surface area contributed by atoms with Crippen LogP contribution in [-0.2, 0) is 24.2 Å². The molecule has 21 heavy (non-hydrogen) atoms. The number of rotatable bonds is 3. The number of aromatic nitrogens is 2. The topological polar surface area (TPSA) is 38.1 Å². The van der Waals surface area contributed by atoms with Gasteiger partial charge in [-0.25, -0.2) is 8.78 Å². The van der Waals surface area contributed by atoms with Crippen molar-refractivity contribution < 1.29 is 13.6 Å². The van der Waals surface area contributed by atoms with Crippen LogP contribution in [0.2, 0.25) is 0 Å². The van der Waals surface area contributed by atoms with E-state index in [4.69, 9.17) is 0 Å². The van der Waals surface area contributed by atoms with Crippen molar-refractivity contribution in [2.75, 3.05) is 6.54 Å². The van der Waals surface area contributed by atoms with Gasteiger partial charge in [-0.2, -0.15) is 5.10 Å². The van der Waals surface area contributed by atoms with E-state index in [0.717, 1.165) is 44.3 Å². The molecule has 1 fully saturated rings. The maximum atomic E-state index is 13.0. The molecule has 1 aromatic heterocycles. The zero-order chi connectivity index (χ0) is 15.0. The molecule has 1 aliphatic heterocycles. The number of amides is 1. The summed E-state index contributed by atoms with van der Waals surface area (Å²) in [5.41, 5.74) is 1.38. The second kappa shape index (κ2) is 5.73. The van der Waals surface area contributed by atoms with Crippen LogP contribution >= 0.6 is 0 Å². The van der Waals surface area contributed by atoms with Crippen molar-refractivity contribution in [1.29, 1.82) is 0 Å². The smallest absolute Gasteiger partial charge is 0.282 e. The maximum Gasteiger partial charge on any atom is 0.282 e. The lowest BCUT2D eigenvalue weighted by Gasteiger charge is -2.33. The number of hydrogen-bond donors (Lipinski definition) is 0. The number of piperidine rings is 1. The number of carbonyl (C=O) groups excluding carboxylic acids is 1. The van der Waals surface area contributed by atoms with E-state index in [1.54, 1.807) is 0 Å². The van der Waals surface area contributed by atoms with Gasteiger partial charge in [0.05, 0.1) is 0 Å². The normalized spacial score (nSPS) is 21.9. The average Bonchev–Trinajstić information content (AvgIpc) is 3.02. The van der Waals surface area contributed by atoms with Crippen LogP contribution in [0, 0.1) is 0 Å². The van der Waals surface area contributed by atoms with Crippen molar-refractivity contribution in [3.63, 3.8) is 0 Å². The molecule has 1 saturated heterocycles. The Morgan fingerprint density at radius 2 is 2.14 bits per heavy atom. The molecule has 0 spiro atoms. The van der Waals surface area contributed by atoms with Crippen molar-refractivity contribution in [3.05, 3.63) is 17.0 Å². The summed E-state index contributed by atoms with van der Waals surface area (Å²) in [7, 11) is 0. The van der Waals surface area contributed by atoms with Crippen molar-refractivity contribution in [2.45, 2.75) is 64.5 Å². The third kappa shape index (κ3) is 2.68. The fourth-order valence-corrected chi connectivity index (χ4v) is 3.53. The van der Waals surface area contributed by atoms with Gasteiger partial charge in [0.1, 0.15) is 12.2 Å². The molecule has 2 heterocycles. The largest absolute Gasteiger partial charge is 0.338 e. The number of halogens is 2. The number of nitrogens with zero attached hydrogens (tertiary/aromatic N) is 3. The van der Waals surface area contributed by atoms with Crippen molar-refractivity contribution in [1.82, 2.24) is 14.7 Å². The predicted molar refractivity (Wildman–Crippen MR) is 74.2 cm³/mol. The summed E-state index contributed by atoms with van der Waals surface area (Å²) >= 11 is 0. The molecule has 0 saturated carbocycles. The molecule has 1 atom stereocenters. The second-order valence-corrected chi connectivity index (χ2v) is 6.05. The first-order chi connectivity index (χ1) is 10.1. The molecule has 1 aliphatic carbocycles. The van der Waals surface area contributed by atoms with Crippen molar-refractivity contribution in [3.8, 4) is 0 Å². The van der Waals surface area contributed by atoms with Crippen LogP contribution in [0.1, 0.15) is 56.0 Å². The number of hydrogen-bond acceptors (Lipinski definition) is 2. The lowest BCUT2D eigenvalue weighted by Crippen LogP contribution is -2.43. The summed E-state index contributed by atoms with van der Waals surface area (Å²) in [5, 5.41) is 4.01. The minimum atomic E-state index is -2.55. The highest BCUT2D eigenvalue weighted by molar-refractivity contribution is 5.76. The van der Waals surface area contributed by atoms with E-state index >= 15 is 0 Å². The van der Waals surface area contributed by atoms with Gasteiger partial charge in [0.25, 0.3) is 6.43 Å². The highest BCUT2D eigenvalue weighted by atomic mass is 19.3. The van der Waals surface area contributed by atoms with E-state index in [-0.39, 0.29) is 24.2 Å². The van der Waals surface area contributed by atoms with Crippen LogP contribution in [0.5, 0.6) is 0 Å². The Bertz CT molecular complexity index is 541. The molecule has 1 unspecified atom stereocenters. The number of likely N-dealkylation sites (tertiary alicyclic amines) is 1. The van der Waals surface area contributed by atoms with Crippen LogP contribution in [-0.4, -0.2) is 33.2 Å².